The van der Waals surface area contributed by atoms with Gasteiger partial charge in [0.2, 0.25) is 0 Å². The van der Waals surface area contributed by atoms with Gasteiger partial charge in [0, 0.05) is 11.1 Å². The van der Waals surface area contributed by atoms with Crippen LogP contribution >= 0.6 is 0 Å². The lowest BCUT2D eigenvalue weighted by atomic mass is 9.99. The molecule has 3 nitrogen and oxygen atoms in total. The number of hydrazine groups is 1. The van der Waals surface area contributed by atoms with Gasteiger partial charge in [0.25, 0.3) is 0 Å². The number of aryl methyl sites for hydroxylation is 1. The monoisotopic (exact) mass is 256 g/mol. The molecule has 0 fully saturated rings. The van der Waals surface area contributed by atoms with Gasteiger partial charge in [-0.15, -0.1) is 0 Å². The van der Waals surface area contributed by atoms with Crippen molar-refractivity contribution in [3.8, 4) is 0 Å². The van der Waals surface area contributed by atoms with Gasteiger partial charge in [-0.3, -0.25) is 5.84 Å². The minimum absolute atomic E-state index is 0.0825. The van der Waals surface area contributed by atoms with E-state index in [0.29, 0.717) is 11.3 Å². The molecule has 0 saturated heterocycles. The highest BCUT2D eigenvalue weighted by Crippen LogP contribution is 2.28. The zero-order chi connectivity index (χ0) is 13.3. The Morgan fingerprint density at radius 1 is 1.11 bits per heavy atom. The van der Waals surface area contributed by atoms with E-state index in [-0.39, 0.29) is 5.56 Å². The third-order valence-corrected chi connectivity index (χ3v) is 2.75. The molecule has 1 unspecified atom stereocenters. The molecule has 1 aromatic heterocycles. The molecule has 1 heterocycles. The van der Waals surface area contributed by atoms with Gasteiger partial charge in [-0.2, -0.15) is 0 Å². The first-order valence-corrected chi connectivity index (χ1v) is 5.19. The van der Waals surface area contributed by atoms with Crippen LogP contribution in [0.1, 0.15) is 22.9 Å². The van der Waals surface area contributed by atoms with Crippen LogP contribution in [0.4, 0.5) is 13.2 Å². The molecule has 1 aromatic carbocycles. The van der Waals surface area contributed by atoms with E-state index in [4.69, 9.17) is 10.3 Å². The summed E-state index contributed by atoms with van der Waals surface area (Å²) in [6.07, 6.45) is 1.41. The summed E-state index contributed by atoms with van der Waals surface area (Å²) in [4.78, 5) is 0. The van der Waals surface area contributed by atoms with Crippen molar-refractivity contribution in [1.29, 1.82) is 0 Å². The number of halogens is 3. The molecule has 0 spiro atoms. The summed E-state index contributed by atoms with van der Waals surface area (Å²) in [7, 11) is 0. The zero-order valence-electron chi connectivity index (χ0n) is 9.51. The van der Waals surface area contributed by atoms with E-state index in [2.05, 4.69) is 5.43 Å². The summed E-state index contributed by atoms with van der Waals surface area (Å²) in [6.45, 7) is 1.66. The quantitative estimate of drug-likeness (QED) is 0.504. The van der Waals surface area contributed by atoms with Crippen LogP contribution in [-0.2, 0) is 0 Å². The largest absolute Gasteiger partial charge is 0.469 e. The first-order chi connectivity index (χ1) is 8.56. The van der Waals surface area contributed by atoms with E-state index >= 15 is 0 Å². The smallest absolute Gasteiger partial charge is 0.194 e. The highest BCUT2D eigenvalue weighted by molar-refractivity contribution is 5.34. The highest BCUT2D eigenvalue weighted by atomic mass is 19.2. The molecular weight excluding hydrogens is 245 g/mol. The highest BCUT2D eigenvalue weighted by Gasteiger charge is 2.23. The molecule has 1 atom stereocenters. The second kappa shape index (κ2) is 4.83. The lowest BCUT2D eigenvalue weighted by Gasteiger charge is -2.16. The van der Waals surface area contributed by atoms with Crippen LogP contribution in [0.15, 0.2) is 28.9 Å². The third-order valence-electron chi connectivity index (χ3n) is 2.75. The molecule has 2 rings (SSSR count). The van der Waals surface area contributed by atoms with Crippen molar-refractivity contribution in [2.45, 2.75) is 13.0 Å². The number of nitrogens with one attached hydrogen (secondary N) is 1. The fraction of sp³-hybridized carbons (Fsp3) is 0.167. The maximum Gasteiger partial charge on any atom is 0.194 e. The molecule has 96 valence electrons. The van der Waals surface area contributed by atoms with Crippen molar-refractivity contribution < 1.29 is 17.6 Å². The Morgan fingerprint density at radius 2 is 1.83 bits per heavy atom. The fourth-order valence-electron chi connectivity index (χ4n) is 1.81. The average Bonchev–Trinajstić information content (AvgIpc) is 2.77. The van der Waals surface area contributed by atoms with Crippen LogP contribution in [0.5, 0.6) is 0 Å². The first kappa shape index (κ1) is 12.7. The lowest BCUT2D eigenvalue weighted by molar-refractivity contribution is 0.432. The van der Waals surface area contributed by atoms with E-state index in [0.717, 1.165) is 12.1 Å². The second-order valence-corrected chi connectivity index (χ2v) is 3.80. The summed E-state index contributed by atoms with van der Waals surface area (Å²) in [6, 6.07) is 2.78. The van der Waals surface area contributed by atoms with E-state index in [1.807, 2.05) is 0 Å². The van der Waals surface area contributed by atoms with Crippen molar-refractivity contribution >= 4 is 0 Å². The number of benzene rings is 1. The molecule has 18 heavy (non-hydrogen) atoms. The Bertz CT molecular complexity index is 568. The SMILES string of the molecule is Cc1occc1C(NN)c1ccc(F)c(F)c1F. The summed E-state index contributed by atoms with van der Waals surface area (Å²) >= 11 is 0. The van der Waals surface area contributed by atoms with Crippen LogP contribution in [0.2, 0.25) is 0 Å². The van der Waals surface area contributed by atoms with Gasteiger partial charge < -0.3 is 4.42 Å². The van der Waals surface area contributed by atoms with Gasteiger partial charge in [-0.05, 0) is 19.1 Å². The second-order valence-electron chi connectivity index (χ2n) is 3.80. The van der Waals surface area contributed by atoms with Gasteiger partial charge in [0.15, 0.2) is 17.5 Å². The van der Waals surface area contributed by atoms with Crippen LogP contribution in [0.3, 0.4) is 0 Å². The average molecular weight is 256 g/mol. The standard InChI is InChI=1S/C12H11F3N2O/c1-6-7(4-5-18-6)12(17-16)8-2-3-9(13)11(15)10(8)14/h2-5,12,17H,16H2,1H3. The fourth-order valence-corrected chi connectivity index (χ4v) is 1.81. The molecular formula is C12H11F3N2O. The summed E-state index contributed by atoms with van der Waals surface area (Å²) in [5.41, 5.74) is 2.84. The molecule has 3 N–H and O–H groups in total. The molecule has 0 aliphatic heterocycles. The van der Waals surface area contributed by atoms with E-state index < -0.39 is 23.5 Å². The molecule has 0 aliphatic carbocycles. The molecule has 6 heteroatoms. The van der Waals surface area contributed by atoms with Gasteiger partial charge in [0.05, 0.1) is 12.3 Å². The summed E-state index contributed by atoms with van der Waals surface area (Å²) in [5, 5.41) is 0. The maximum absolute atomic E-state index is 13.7. The number of hydrogen-bond donors (Lipinski definition) is 2. The van der Waals surface area contributed by atoms with Crippen molar-refractivity contribution in [3.63, 3.8) is 0 Å². The molecule has 0 saturated carbocycles. The Balaban J connectivity index is 2.53. The van der Waals surface area contributed by atoms with Crippen molar-refractivity contribution in [2.75, 3.05) is 0 Å². The Morgan fingerprint density at radius 3 is 2.39 bits per heavy atom. The van der Waals surface area contributed by atoms with Crippen molar-refractivity contribution in [3.05, 3.63) is 58.8 Å². The Labute approximate surface area is 101 Å². The van der Waals surface area contributed by atoms with Crippen LogP contribution in [0.25, 0.3) is 0 Å². The Kier molecular flexibility index (Phi) is 3.40. The molecule has 0 bridgehead atoms. The van der Waals surface area contributed by atoms with Gasteiger partial charge >= 0.3 is 0 Å². The predicted octanol–water partition coefficient (Wildman–Crippen LogP) is 2.56. The number of rotatable bonds is 3. The molecule has 0 amide bonds. The summed E-state index contributed by atoms with van der Waals surface area (Å²) < 4.78 is 44.8. The van der Waals surface area contributed by atoms with Crippen LogP contribution in [-0.4, -0.2) is 0 Å². The number of furan rings is 1. The Hall–Kier alpha value is -1.79. The lowest BCUT2D eigenvalue weighted by Crippen LogP contribution is -2.30. The number of hydrogen-bond acceptors (Lipinski definition) is 3. The number of nitrogens with two attached hydrogens (primary N) is 1. The first-order valence-electron chi connectivity index (χ1n) is 5.19. The normalized spacial score (nSPS) is 12.7. The van der Waals surface area contributed by atoms with Gasteiger partial charge in [-0.1, -0.05) is 6.07 Å². The van der Waals surface area contributed by atoms with E-state index in [1.54, 1.807) is 13.0 Å². The van der Waals surface area contributed by atoms with E-state index in [1.165, 1.54) is 6.26 Å². The van der Waals surface area contributed by atoms with Crippen LogP contribution < -0.4 is 11.3 Å². The maximum atomic E-state index is 13.7. The molecule has 0 radical (unpaired) electrons. The predicted molar refractivity (Wildman–Crippen MR) is 58.9 cm³/mol. The van der Waals surface area contributed by atoms with Gasteiger partial charge in [-0.25, -0.2) is 18.6 Å². The minimum atomic E-state index is -1.52. The minimum Gasteiger partial charge on any atom is -0.469 e. The van der Waals surface area contributed by atoms with E-state index in [9.17, 15) is 13.2 Å². The molecule has 0 aliphatic rings. The summed E-state index contributed by atoms with van der Waals surface area (Å²) in [5.74, 6) is 1.84. The third kappa shape index (κ3) is 2.00. The zero-order valence-corrected chi connectivity index (χ0v) is 9.51. The van der Waals surface area contributed by atoms with Gasteiger partial charge in [0.1, 0.15) is 5.76 Å². The topological polar surface area (TPSA) is 51.2 Å². The molecule has 2 aromatic rings. The van der Waals surface area contributed by atoms with Crippen LogP contribution in [0, 0.1) is 24.4 Å². The van der Waals surface area contributed by atoms with Crippen molar-refractivity contribution in [1.82, 2.24) is 5.43 Å². The van der Waals surface area contributed by atoms with Crippen molar-refractivity contribution in [2.24, 2.45) is 5.84 Å².